The summed E-state index contributed by atoms with van der Waals surface area (Å²) >= 11 is 6.12. The number of para-hydroxylation sites is 1. The highest BCUT2D eigenvalue weighted by molar-refractivity contribution is 6.30. The Hall–Kier alpha value is -3.57. The molecule has 3 aromatic carbocycles. The molecule has 0 radical (unpaired) electrons. The first-order valence-corrected chi connectivity index (χ1v) is 10.8. The summed E-state index contributed by atoms with van der Waals surface area (Å²) in [4.78, 5) is 28.7. The van der Waals surface area contributed by atoms with Crippen molar-refractivity contribution in [3.63, 3.8) is 0 Å². The molecule has 0 bridgehead atoms. The number of carbonyl (C=O) groups is 2. The van der Waals surface area contributed by atoms with E-state index in [9.17, 15) is 9.59 Å². The van der Waals surface area contributed by atoms with Crippen LogP contribution < -0.4 is 5.32 Å². The zero-order valence-electron chi connectivity index (χ0n) is 17.7. The zero-order chi connectivity index (χ0) is 22.4. The summed E-state index contributed by atoms with van der Waals surface area (Å²) in [6.45, 7) is 0. The molecule has 2 heterocycles. The summed E-state index contributed by atoms with van der Waals surface area (Å²) < 4.78 is 2.04. The number of rotatable bonds is 3. The van der Waals surface area contributed by atoms with Crippen molar-refractivity contribution in [1.82, 2.24) is 9.47 Å². The first-order valence-electron chi connectivity index (χ1n) is 10.4. The molecule has 160 valence electrons. The predicted molar refractivity (Wildman–Crippen MR) is 127 cm³/mol. The lowest BCUT2D eigenvalue weighted by Crippen LogP contribution is -2.44. The Morgan fingerprint density at radius 2 is 1.69 bits per heavy atom. The van der Waals surface area contributed by atoms with Crippen LogP contribution in [0.3, 0.4) is 0 Å². The second-order valence-electron chi connectivity index (χ2n) is 8.14. The molecule has 4 aromatic rings. The number of fused-ring (bicyclic) bond motifs is 2. The molecule has 0 spiro atoms. The van der Waals surface area contributed by atoms with Crippen molar-refractivity contribution < 1.29 is 9.59 Å². The number of hydrogen-bond acceptors (Lipinski definition) is 2. The maximum atomic E-state index is 13.7. The summed E-state index contributed by atoms with van der Waals surface area (Å²) in [7, 11) is 3.75. The van der Waals surface area contributed by atoms with Crippen molar-refractivity contribution in [2.45, 2.75) is 12.0 Å². The van der Waals surface area contributed by atoms with E-state index in [2.05, 4.69) is 5.32 Å². The fraction of sp³-hybridized carbons (Fsp3) is 0.154. The second-order valence-corrected chi connectivity index (χ2v) is 8.57. The SMILES string of the molecule is CN1C(=O)c2ccccc2[C@@H](C(=O)Nc2cccc(Cl)c2)[C@H]1c1cn(C)c2ccccc12. The van der Waals surface area contributed by atoms with Gasteiger partial charge in [-0.3, -0.25) is 9.59 Å². The van der Waals surface area contributed by atoms with Crippen LogP contribution in [0.2, 0.25) is 5.02 Å². The molecule has 2 amide bonds. The Labute approximate surface area is 191 Å². The van der Waals surface area contributed by atoms with Crippen molar-refractivity contribution in [3.8, 4) is 0 Å². The third-order valence-corrected chi connectivity index (χ3v) is 6.44. The van der Waals surface area contributed by atoms with Crippen LogP contribution in [-0.4, -0.2) is 28.3 Å². The van der Waals surface area contributed by atoms with E-state index >= 15 is 0 Å². The summed E-state index contributed by atoms with van der Waals surface area (Å²) in [5.74, 6) is -0.860. The Kier molecular flexibility index (Phi) is 4.98. The van der Waals surface area contributed by atoms with Crippen molar-refractivity contribution in [1.29, 1.82) is 0 Å². The second kappa shape index (κ2) is 7.84. The van der Waals surface area contributed by atoms with Gasteiger partial charge in [0.1, 0.15) is 0 Å². The van der Waals surface area contributed by atoms with E-state index in [0.29, 0.717) is 16.3 Å². The van der Waals surface area contributed by atoms with E-state index in [-0.39, 0.29) is 11.8 Å². The van der Waals surface area contributed by atoms with E-state index in [1.165, 1.54) is 0 Å². The van der Waals surface area contributed by atoms with E-state index in [1.807, 2.05) is 60.3 Å². The minimum atomic E-state index is -0.585. The summed E-state index contributed by atoms with van der Waals surface area (Å²) in [5, 5.41) is 4.59. The molecular formula is C26H22ClN3O2. The number of nitrogens with one attached hydrogen (secondary N) is 1. The number of anilines is 1. The van der Waals surface area contributed by atoms with Crippen LogP contribution in [0.4, 0.5) is 5.69 Å². The van der Waals surface area contributed by atoms with Crippen LogP contribution in [0.1, 0.15) is 33.4 Å². The minimum Gasteiger partial charge on any atom is -0.350 e. The monoisotopic (exact) mass is 443 g/mol. The Bertz CT molecular complexity index is 1360. The van der Waals surface area contributed by atoms with Crippen LogP contribution in [-0.2, 0) is 11.8 Å². The summed E-state index contributed by atoms with van der Waals surface area (Å²) in [5.41, 5.74) is 3.90. The van der Waals surface area contributed by atoms with Crippen LogP contribution in [0, 0.1) is 0 Å². The lowest BCUT2D eigenvalue weighted by atomic mass is 9.79. The maximum absolute atomic E-state index is 13.7. The van der Waals surface area contributed by atoms with Gasteiger partial charge >= 0.3 is 0 Å². The van der Waals surface area contributed by atoms with Crippen LogP contribution in [0.15, 0.2) is 79.0 Å². The number of carbonyl (C=O) groups excluding carboxylic acids is 2. The van der Waals surface area contributed by atoms with Crippen molar-refractivity contribution >= 4 is 40.0 Å². The molecule has 0 saturated heterocycles. The van der Waals surface area contributed by atoms with Gasteiger partial charge in [0.15, 0.2) is 0 Å². The number of benzene rings is 3. The van der Waals surface area contributed by atoms with Gasteiger partial charge < -0.3 is 14.8 Å². The highest BCUT2D eigenvalue weighted by atomic mass is 35.5. The molecule has 6 heteroatoms. The maximum Gasteiger partial charge on any atom is 0.254 e. The van der Waals surface area contributed by atoms with E-state index in [0.717, 1.165) is 22.0 Å². The highest BCUT2D eigenvalue weighted by Gasteiger charge is 2.43. The lowest BCUT2D eigenvalue weighted by molar-refractivity contribution is -0.119. The Morgan fingerprint density at radius 1 is 0.938 bits per heavy atom. The number of amides is 2. The molecule has 1 aliphatic heterocycles. The average Bonchev–Trinajstić information content (AvgIpc) is 3.12. The van der Waals surface area contributed by atoms with Gasteiger partial charge in [0, 0.05) is 53.0 Å². The highest BCUT2D eigenvalue weighted by Crippen LogP contribution is 2.44. The molecule has 5 rings (SSSR count). The van der Waals surface area contributed by atoms with Crippen molar-refractivity contribution in [2.75, 3.05) is 12.4 Å². The molecular weight excluding hydrogens is 422 g/mol. The van der Waals surface area contributed by atoms with Gasteiger partial charge in [-0.1, -0.05) is 54.1 Å². The zero-order valence-corrected chi connectivity index (χ0v) is 18.5. The lowest BCUT2D eigenvalue weighted by Gasteiger charge is -2.39. The third-order valence-electron chi connectivity index (χ3n) is 6.20. The third kappa shape index (κ3) is 3.26. The van der Waals surface area contributed by atoms with Crippen LogP contribution in [0.5, 0.6) is 0 Å². The molecule has 0 aliphatic carbocycles. The van der Waals surface area contributed by atoms with Crippen LogP contribution in [0.25, 0.3) is 10.9 Å². The van der Waals surface area contributed by atoms with E-state index < -0.39 is 12.0 Å². The molecule has 2 atom stereocenters. The van der Waals surface area contributed by atoms with Crippen molar-refractivity contribution in [2.24, 2.45) is 7.05 Å². The smallest absolute Gasteiger partial charge is 0.254 e. The number of aromatic nitrogens is 1. The molecule has 5 nitrogen and oxygen atoms in total. The van der Waals surface area contributed by atoms with Gasteiger partial charge in [-0.15, -0.1) is 0 Å². The number of hydrogen-bond donors (Lipinski definition) is 1. The molecule has 1 aromatic heterocycles. The fourth-order valence-electron chi connectivity index (χ4n) is 4.74. The summed E-state index contributed by atoms with van der Waals surface area (Å²) in [6, 6.07) is 22.0. The van der Waals surface area contributed by atoms with Gasteiger partial charge in [0.2, 0.25) is 5.91 Å². The number of likely N-dealkylation sites (N-methyl/N-ethyl adjacent to an activating group) is 1. The summed E-state index contributed by atoms with van der Waals surface area (Å²) in [6.07, 6.45) is 2.02. The standard InChI is InChI=1S/C26H22ClN3O2/c1-29-15-21(18-10-5-6-13-22(18)29)24-23(25(31)28-17-9-7-8-16(27)14-17)19-11-3-4-12-20(19)26(32)30(24)2/h3-15,23-24H,1-2H3,(H,28,31)/t23-,24-/m1/s1. The largest absolute Gasteiger partial charge is 0.350 e. The first kappa shape index (κ1) is 20.3. The van der Waals surface area contributed by atoms with Gasteiger partial charge in [-0.25, -0.2) is 0 Å². The topological polar surface area (TPSA) is 54.3 Å². The van der Waals surface area contributed by atoms with E-state index in [4.69, 9.17) is 11.6 Å². The Morgan fingerprint density at radius 3 is 2.50 bits per heavy atom. The molecule has 1 N–H and O–H groups in total. The fourth-order valence-corrected chi connectivity index (χ4v) is 4.93. The molecule has 0 fully saturated rings. The van der Waals surface area contributed by atoms with Gasteiger partial charge in [0.25, 0.3) is 5.91 Å². The number of aryl methyl sites for hydroxylation is 1. The predicted octanol–water partition coefficient (Wildman–Crippen LogP) is 5.38. The molecule has 32 heavy (non-hydrogen) atoms. The molecule has 1 aliphatic rings. The normalized spacial score (nSPS) is 18.0. The number of halogens is 1. The van der Waals surface area contributed by atoms with Crippen LogP contribution >= 0.6 is 11.6 Å². The van der Waals surface area contributed by atoms with Crippen molar-refractivity contribution in [3.05, 3.63) is 101 Å². The van der Waals surface area contributed by atoms with Gasteiger partial charge in [-0.05, 0) is 35.9 Å². The van der Waals surface area contributed by atoms with Gasteiger partial charge in [0.05, 0.1) is 12.0 Å². The van der Waals surface area contributed by atoms with E-state index in [1.54, 1.807) is 42.3 Å². The van der Waals surface area contributed by atoms with Gasteiger partial charge in [-0.2, -0.15) is 0 Å². The number of nitrogens with zero attached hydrogens (tertiary/aromatic N) is 2. The minimum absolute atomic E-state index is 0.0923. The molecule has 0 saturated carbocycles. The Balaban J connectivity index is 1.68. The quantitative estimate of drug-likeness (QED) is 0.462. The average molecular weight is 444 g/mol. The molecule has 0 unspecified atom stereocenters. The first-order chi connectivity index (χ1) is 15.5.